The lowest BCUT2D eigenvalue weighted by molar-refractivity contribution is 0.0410. The Balaban J connectivity index is 1.28. The zero-order valence-corrected chi connectivity index (χ0v) is 25.0. The van der Waals surface area contributed by atoms with Crippen molar-refractivity contribution in [2.75, 3.05) is 57.3 Å². The van der Waals surface area contributed by atoms with Crippen LogP contribution >= 0.6 is 23.2 Å². The number of fused-ring (bicyclic) bond motifs is 1. The summed E-state index contributed by atoms with van der Waals surface area (Å²) in [5.41, 5.74) is 1.43. The minimum atomic E-state index is -0.755. The largest absolute Gasteiger partial charge is 0.494 e. The summed E-state index contributed by atoms with van der Waals surface area (Å²) >= 11 is 12.6. The Hall–Kier alpha value is -2.94. The van der Waals surface area contributed by atoms with Gasteiger partial charge in [0.05, 0.1) is 27.9 Å². The first-order valence-electron chi connectivity index (χ1n) is 14.0. The van der Waals surface area contributed by atoms with E-state index in [1.54, 1.807) is 17.9 Å². The molecule has 0 bridgehead atoms. The average molecular weight is 590 g/mol. The van der Waals surface area contributed by atoms with Crippen molar-refractivity contribution in [2.45, 2.75) is 39.8 Å². The second kappa shape index (κ2) is 14.1. The number of carbonyl (C=O) groups excluding carboxylic acids is 1. The monoisotopic (exact) mass is 588 g/mol. The Morgan fingerprint density at radius 1 is 1.00 bits per heavy atom. The van der Waals surface area contributed by atoms with Crippen molar-refractivity contribution in [3.63, 3.8) is 0 Å². The van der Waals surface area contributed by atoms with Crippen LogP contribution in [0, 0.1) is 0 Å². The van der Waals surface area contributed by atoms with Gasteiger partial charge in [0.15, 0.2) is 6.23 Å². The van der Waals surface area contributed by atoms with E-state index in [4.69, 9.17) is 32.7 Å². The topological polar surface area (TPSA) is 67.2 Å². The number of hydrogen-bond donors (Lipinski definition) is 0. The van der Waals surface area contributed by atoms with Gasteiger partial charge in [0.1, 0.15) is 5.75 Å². The van der Waals surface area contributed by atoms with E-state index in [-0.39, 0.29) is 5.56 Å². The van der Waals surface area contributed by atoms with Crippen molar-refractivity contribution in [3.8, 4) is 5.75 Å². The molecule has 0 aliphatic carbocycles. The predicted molar refractivity (Wildman–Crippen MR) is 162 cm³/mol. The van der Waals surface area contributed by atoms with Gasteiger partial charge in [0.2, 0.25) is 0 Å². The average Bonchev–Trinajstić information content (AvgIpc) is 2.95. The second-order valence-corrected chi connectivity index (χ2v) is 10.7. The van der Waals surface area contributed by atoms with Crippen LogP contribution in [0.5, 0.6) is 5.75 Å². The summed E-state index contributed by atoms with van der Waals surface area (Å²) in [6.07, 6.45) is 0.741. The van der Waals surface area contributed by atoms with E-state index in [2.05, 4.69) is 9.80 Å². The number of benzene rings is 2. The fraction of sp³-hybridized carbons (Fsp3) is 0.467. The number of nitrogens with zero attached hydrogens (tertiary/aromatic N) is 4. The highest BCUT2D eigenvalue weighted by Crippen LogP contribution is 2.33. The Morgan fingerprint density at radius 3 is 2.45 bits per heavy atom. The number of hydrogen-bond acceptors (Lipinski definition) is 6. The Labute approximate surface area is 246 Å². The van der Waals surface area contributed by atoms with Crippen LogP contribution in [0.3, 0.4) is 0 Å². The highest BCUT2D eigenvalue weighted by Gasteiger charge is 2.20. The molecule has 1 saturated heterocycles. The minimum absolute atomic E-state index is 0.234. The Morgan fingerprint density at radius 2 is 1.73 bits per heavy atom. The van der Waals surface area contributed by atoms with Crippen LogP contribution in [0.15, 0.2) is 53.3 Å². The number of amides is 1. The van der Waals surface area contributed by atoms with Gasteiger partial charge < -0.3 is 19.3 Å². The van der Waals surface area contributed by atoms with Crippen LogP contribution in [0.25, 0.3) is 10.9 Å². The van der Waals surface area contributed by atoms with Gasteiger partial charge in [-0.3, -0.25) is 14.3 Å². The van der Waals surface area contributed by atoms with Gasteiger partial charge >= 0.3 is 6.09 Å². The minimum Gasteiger partial charge on any atom is -0.494 e. The van der Waals surface area contributed by atoms with Gasteiger partial charge in [0.25, 0.3) is 5.56 Å². The number of rotatable bonds is 11. The second-order valence-electron chi connectivity index (χ2n) is 9.87. The van der Waals surface area contributed by atoms with Crippen molar-refractivity contribution >= 4 is 45.9 Å². The number of aromatic nitrogens is 1. The van der Waals surface area contributed by atoms with Crippen LogP contribution in [-0.4, -0.2) is 72.9 Å². The van der Waals surface area contributed by atoms with E-state index < -0.39 is 12.3 Å². The highest BCUT2D eigenvalue weighted by atomic mass is 35.5. The third-order valence-electron chi connectivity index (χ3n) is 7.34. The third-order valence-corrected chi connectivity index (χ3v) is 8.15. The van der Waals surface area contributed by atoms with Crippen LogP contribution < -0.4 is 15.2 Å². The maximum Gasteiger partial charge on any atom is 0.411 e. The van der Waals surface area contributed by atoms with Gasteiger partial charge in [-0.2, -0.15) is 0 Å². The lowest BCUT2D eigenvalue weighted by atomic mass is 10.2. The first-order valence-corrected chi connectivity index (χ1v) is 14.7. The maximum absolute atomic E-state index is 12.8. The third kappa shape index (κ3) is 7.22. The number of pyridine rings is 1. The molecule has 1 fully saturated rings. The van der Waals surface area contributed by atoms with Gasteiger partial charge in [-0.25, -0.2) is 4.79 Å². The molecular weight excluding hydrogens is 551 g/mol. The van der Waals surface area contributed by atoms with E-state index in [0.29, 0.717) is 41.0 Å². The molecule has 10 heteroatoms. The van der Waals surface area contributed by atoms with Crippen molar-refractivity contribution < 1.29 is 14.3 Å². The fourth-order valence-corrected chi connectivity index (χ4v) is 5.44. The lowest BCUT2D eigenvalue weighted by Gasteiger charge is -2.36. The molecule has 40 heavy (non-hydrogen) atoms. The van der Waals surface area contributed by atoms with Crippen molar-refractivity contribution in [2.24, 2.45) is 0 Å². The fourth-order valence-electron chi connectivity index (χ4n) is 5.03. The van der Waals surface area contributed by atoms with Gasteiger partial charge in [-0.1, -0.05) is 29.3 Å². The molecule has 0 spiro atoms. The summed E-state index contributed by atoms with van der Waals surface area (Å²) in [6.45, 7) is 11.9. The smallest absolute Gasteiger partial charge is 0.411 e. The molecule has 216 valence electrons. The van der Waals surface area contributed by atoms with E-state index in [1.807, 2.05) is 50.2 Å². The van der Waals surface area contributed by atoms with Crippen LogP contribution in [0.2, 0.25) is 10.0 Å². The summed E-state index contributed by atoms with van der Waals surface area (Å²) in [5, 5.41) is 2.08. The lowest BCUT2D eigenvalue weighted by Crippen LogP contribution is -2.46. The predicted octanol–water partition coefficient (Wildman–Crippen LogP) is 6.29. The molecule has 1 amide bonds. The molecule has 8 nitrogen and oxygen atoms in total. The number of ether oxygens (including phenoxy) is 2. The normalized spacial score (nSPS) is 14.8. The van der Waals surface area contributed by atoms with Crippen LogP contribution in [0.1, 0.15) is 39.8 Å². The molecule has 1 aromatic heterocycles. The molecular formula is C30H38Cl2N4O4. The molecule has 4 rings (SSSR count). The number of piperazine rings is 1. The van der Waals surface area contributed by atoms with Crippen molar-refractivity contribution in [1.29, 1.82) is 0 Å². The standard InChI is InChI=1S/C30H38Cl2N4O4/c1-4-34(5-2)30(38)40-22(3)36-27-21-24(13-11-23(27)12-14-28(36)37)39-20-7-6-15-33-16-18-35(19-17-33)26-10-8-9-25(31)29(26)32/h8-14,21-22H,4-7,15-20H2,1-3H3. The number of anilines is 1. The van der Waals surface area contributed by atoms with Gasteiger partial charge in [-0.05, 0) is 75.9 Å². The molecule has 0 N–H and O–H groups in total. The molecule has 1 atom stereocenters. The number of halogens is 2. The SMILES string of the molecule is CCN(CC)C(=O)OC(C)n1c(=O)ccc2ccc(OCCCCN3CCN(c4cccc(Cl)c4Cl)CC3)cc21. The first-order chi connectivity index (χ1) is 19.3. The highest BCUT2D eigenvalue weighted by molar-refractivity contribution is 6.43. The van der Waals surface area contributed by atoms with Crippen molar-refractivity contribution in [3.05, 3.63) is 68.9 Å². The summed E-state index contributed by atoms with van der Waals surface area (Å²) in [7, 11) is 0. The maximum atomic E-state index is 12.8. The molecule has 1 aliphatic heterocycles. The van der Waals surface area contributed by atoms with E-state index in [0.717, 1.165) is 56.6 Å². The van der Waals surface area contributed by atoms with Crippen molar-refractivity contribution in [1.82, 2.24) is 14.4 Å². The number of carbonyl (C=O) groups is 1. The summed E-state index contributed by atoms with van der Waals surface area (Å²) in [4.78, 5) is 31.6. The molecule has 0 radical (unpaired) electrons. The van der Waals surface area contributed by atoms with E-state index in [1.165, 1.54) is 10.6 Å². The summed E-state index contributed by atoms with van der Waals surface area (Å²) < 4.78 is 13.2. The molecule has 1 aliphatic rings. The van der Waals surface area contributed by atoms with Crippen LogP contribution in [0.4, 0.5) is 10.5 Å². The van der Waals surface area contributed by atoms with E-state index in [9.17, 15) is 9.59 Å². The zero-order chi connectivity index (χ0) is 28.6. The first kappa shape index (κ1) is 30.0. The van der Waals surface area contributed by atoms with Gasteiger partial charge in [-0.15, -0.1) is 0 Å². The van der Waals surface area contributed by atoms with Gasteiger partial charge in [0, 0.05) is 51.4 Å². The Bertz CT molecular complexity index is 1350. The zero-order valence-electron chi connectivity index (χ0n) is 23.4. The summed E-state index contributed by atoms with van der Waals surface area (Å²) in [6, 6.07) is 14.7. The molecule has 0 saturated carbocycles. The molecule has 2 aromatic carbocycles. The molecule has 3 aromatic rings. The quantitative estimate of drug-likeness (QED) is 0.245. The van der Waals surface area contributed by atoms with E-state index >= 15 is 0 Å². The molecule has 2 heterocycles. The summed E-state index contributed by atoms with van der Waals surface area (Å²) in [5.74, 6) is 0.682. The Kier molecular flexibility index (Phi) is 10.6. The molecule has 1 unspecified atom stereocenters. The van der Waals surface area contributed by atoms with Crippen LogP contribution in [-0.2, 0) is 4.74 Å². The number of unbranched alkanes of at least 4 members (excludes halogenated alkanes) is 1.